The Hall–Kier alpha value is -2.64. The van der Waals surface area contributed by atoms with Crippen molar-refractivity contribution in [3.63, 3.8) is 0 Å². The first kappa shape index (κ1) is 15.9. The highest BCUT2D eigenvalue weighted by atomic mass is 79.9. The lowest BCUT2D eigenvalue weighted by Gasteiger charge is -2.08. The number of nitrogens with zero attached hydrogens (tertiary/aromatic N) is 4. The molecule has 0 fully saturated rings. The maximum atomic E-state index is 12.5. The van der Waals surface area contributed by atoms with Crippen LogP contribution in [0.15, 0.2) is 65.5 Å². The molecule has 0 bridgehead atoms. The molecule has 0 aliphatic heterocycles. The average Bonchev–Trinajstić information content (AvgIpc) is 3.25. The molecule has 3 aromatic heterocycles. The van der Waals surface area contributed by atoms with Crippen molar-refractivity contribution in [2.75, 3.05) is 5.32 Å². The summed E-state index contributed by atoms with van der Waals surface area (Å²) in [5.74, 6) is -0.307. The van der Waals surface area contributed by atoms with Crippen molar-refractivity contribution in [1.82, 2.24) is 19.4 Å². The van der Waals surface area contributed by atoms with Crippen molar-refractivity contribution < 1.29 is 4.79 Å². The van der Waals surface area contributed by atoms with E-state index in [2.05, 4.69) is 31.4 Å². The molecule has 0 saturated carbocycles. The average molecular weight is 417 g/mol. The van der Waals surface area contributed by atoms with E-state index < -0.39 is 0 Å². The summed E-state index contributed by atoms with van der Waals surface area (Å²) in [7, 11) is 0. The number of benzene rings is 1. The molecule has 6 nitrogen and oxygen atoms in total. The van der Waals surface area contributed by atoms with Gasteiger partial charge in [0.1, 0.15) is 0 Å². The van der Waals surface area contributed by atoms with Crippen LogP contribution in [0, 0.1) is 0 Å². The van der Waals surface area contributed by atoms with Gasteiger partial charge in [0.25, 0.3) is 5.91 Å². The second kappa shape index (κ2) is 6.34. The normalized spacial score (nSPS) is 11.0. The first-order valence-electron chi connectivity index (χ1n) is 7.36. The fourth-order valence-electron chi connectivity index (χ4n) is 2.47. The molecule has 124 valence electrons. The molecule has 4 rings (SSSR count). The second-order valence-electron chi connectivity index (χ2n) is 5.29. The molecule has 3 heterocycles. The molecule has 1 N–H and O–H groups in total. The van der Waals surface area contributed by atoms with Gasteiger partial charge in [0.15, 0.2) is 5.69 Å². The highest BCUT2D eigenvalue weighted by Gasteiger charge is 2.13. The van der Waals surface area contributed by atoms with Crippen LogP contribution in [0.4, 0.5) is 5.69 Å². The lowest BCUT2D eigenvalue weighted by molar-refractivity contribution is 0.102. The summed E-state index contributed by atoms with van der Waals surface area (Å²) in [5.41, 5.74) is 2.46. The summed E-state index contributed by atoms with van der Waals surface area (Å²) in [5, 5.41) is 11.7. The Morgan fingerprint density at radius 3 is 2.76 bits per heavy atom. The van der Waals surface area contributed by atoms with Crippen LogP contribution >= 0.6 is 27.5 Å². The van der Waals surface area contributed by atoms with Gasteiger partial charge in [0, 0.05) is 28.8 Å². The van der Waals surface area contributed by atoms with Crippen molar-refractivity contribution >= 4 is 44.6 Å². The van der Waals surface area contributed by atoms with Crippen molar-refractivity contribution in [2.24, 2.45) is 0 Å². The Bertz CT molecular complexity index is 1070. The number of aromatic nitrogens is 4. The fraction of sp³-hybridized carbons (Fsp3) is 0. The second-order valence-corrected chi connectivity index (χ2v) is 6.55. The van der Waals surface area contributed by atoms with E-state index in [1.165, 1.54) is 0 Å². The monoisotopic (exact) mass is 415 g/mol. The van der Waals surface area contributed by atoms with Crippen molar-refractivity contribution in [1.29, 1.82) is 0 Å². The smallest absolute Gasteiger partial charge is 0.276 e. The van der Waals surface area contributed by atoms with Gasteiger partial charge in [0.2, 0.25) is 0 Å². The highest BCUT2D eigenvalue weighted by Crippen LogP contribution is 2.24. The number of hydrogen-bond acceptors (Lipinski definition) is 3. The lowest BCUT2D eigenvalue weighted by Crippen LogP contribution is -2.12. The van der Waals surface area contributed by atoms with Crippen molar-refractivity contribution in [3.05, 3.63) is 76.2 Å². The third-order valence-electron chi connectivity index (χ3n) is 3.64. The molecule has 0 radical (unpaired) electrons. The number of rotatable bonds is 3. The van der Waals surface area contributed by atoms with Crippen LogP contribution in [0.1, 0.15) is 10.5 Å². The third kappa shape index (κ3) is 3.04. The standard InChI is InChI=1S/C17H11BrClN5O/c18-12-3-1-7-24-16(12)10-14(22-24)17(25)21-11-4-5-15(13(19)9-11)23-8-2-6-20-23/h1-10H,(H,21,25). The van der Waals surface area contributed by atoms with E-state index in [4.69, 9.17) is 11.6 Å². The summed E-state index contributed by atoms with van der Waals surface area (Å²) in [6, 6.07) is 12.5. The molecular formula is C17H11BrClN5O. The number of halogens is 2. The molecule has 0 aliphatic carbocycles. The Labute approximate surface area is 156 Å². The van der Waals surface area contributed by atoms with Gasteiger partial charge in [0.05, 0.1) is 16.2 Å². The van der Waals surface area contributed by atoms with Crippen LogP contribution in [0.25, 0.3) is 11.2 Å². The zero-order chi connectivity index (χ0) is 17.4. The van der Waals surface area contributed by atoms with Crippen LogP contribution < -0.4 is 5.32 Å². The summed E-state index contributed by atoms with van der Waals surface area (Å²) in [4.78, 5) is 12.5. The molecule has 0 spiro atoms. The van der Waals surface area contributed by atoms with Gasteiger partial charge in [-0.1, -0.05) is 11.6 Å². The summed E-state index contributed by atoms with van der Waals surface area (Å²) in [6.45, 7) is 0. The van der Waals surface area contributed by atoms with Crippen LogP contribution in [-0.4, -0.2) is 25.3 Å². The molecule has 0 saturated heterocycles. The van der Waals surface area contributed by atoms with Gasteiger partial charge in [-0.2, -0.15) is 10.2 Å². The third-order valence-corrected chi connectivity index (χ3v) is 4.61. The quantitative estimate of drug-likeness (QED) is 0.545. The number of carbonyl (C=O) groups is 1. The molecule has 0 atom stereocenters. The number of anilines is 1. The summed E-state index contributed by atoms with van der Waals surface area (Å²) < 4.78 is 4.17. The van der Waals surface area contributed by atoms with Gasteiger partial charge in [-0.25, -0.2) is 9.20 Å². The van der Waals surface area contributed by atoms with Crippen LogP contribution in [0.3, 0.4) is 0 Å². The minimum Gasteiger partial charge on any atom is -0.321 e. The largest absolute Gasteiger partial charge is 0.321 e. The fourth-order valence-corrected chi connectivity index (χ4v) is 3.18. The molecule has 1 aromatic carbocycles. The maximum absolute atomic E-state index is 12.5. The number of amides is 1. The molecule has 0 aliphatic rings. The van der Waals surface area contributed by atoms with E-state index in [1.54, 1.807) is 52.1 Å². The van der Waals surface area contributed by atoms with Crippen LogP contribution in [0.2, 0.25) is 5.02 Å². The van der Waals surface area contributed by atoms with E-state index >= 15 is 0 Å². The first-order chi connectivity index (χ1) is 12.1. The number of nitrogens with one attached hydrogen (secondary N) is 1. The topological polar surface area (TPSA) is 64.2 Å². The van der Waals surface area contributed by atoms with Crippen molar-refractivity contribution in [2.45, 2.75) is 0 Å². The number of fused-ring (bicyclic) bond motifs is 1. The molecule has 0 unspecified atom stereocenters. The number of pyridine rings is 1. The predicted molar refractivity (Wildman–Crippen MR) is 99.4 cm³/mol. The Morgan fingerprint density at radius 1 is 1.16 bits per heavy atom. The van der Waals surface area contributed by atoms with E-state index in [0.717, 1.165) is 15.7 Å². The molecule has 1 amide bonds. The summed E-state index contributed by atoms with van der Waals surface area (Å²) in [6.07, 6.45) is 5.26. The zero-order valence-corrected chi connectivity index (χ0v) is 15.1. The SMILES string of the molecule is O=C(Nc1ccc(-n2cccn2)c(Cl)c1)c1cc2c(Br)cccn2n1. The molecule has 25 heavy (non-hydrogen) atoms. The minimum atomic E-state index is -0.307. The molecule has 8 heteroatoms. The lowest BCUT2D eigenvalue weighted by atomic mass is 10.2. The van der Waals surface area contributed by atoms with Gasteiger partial charge in [-0.05, 0) is 58.4 Å². The molecular weight excluding hydrogens is 406 g/mol. The van der Waals surface area contributed by atoms with Gasteiger partial charge < -0.3 is 5.32 Å². The maximum Gasteiger partial charge on any atom is 0.276 e. The number of hydrogen-bond donors (Lipinski definition) is 1. The molecule has 4 aromatic rings. The Balaban J connectivity index is 1.60. The van der Waals surface area contributed by atoms with E-state index in [1.807, 2.05) is 18.2 Å². The first-order valence-corrected chi connectivity index (χ1v) is 8.54. The van der Waals surface area contributed by atoms with E-state index in [0.29, 0.717) is 16.4 Å². The van der Waals surface area contributed by atoms with Gasteiger partial charge in [-0.15, -0.1) is 0 Å². The van der Waals surface area contributed by atoms with Crippen LogP contribution in [0.5, 0.6) is 0 Å². The van der Waals surface area contributed by atoms with Crippen molar-refractivity contribution in [3.8, 4) is 5.69 Å². The highest BCUT2D eigenvalue weighted by molar-refractivity contribution is 9.10. The summed E-state index contributed by atoms with van der Waals surface area (Å²) >= 11 is 9.74. The van der Waals surface area contributed by atoms with E-state index in [-0.39, 0.29) is 5.91 Å². The Morgan fingerprint density at radius 2 is 2.04 bits per heavy atom. The van der Waals surface area contributed by atoms with Crippen LogP contribution in [-0.2, 0) is 0 Å². The van der Waals surface area contributed by atoms with Gasteiger partial charge in [-0.3, -0.25) is 4.79 Å². The van der Waals surface area contributed by atoms with Gasteiger partial charge >= 0.3 is 0 Å². The number of carbonyl (C=O) groups excluding carboxylic acids is 1. The minimum absolute atomic E-state index is 0.307. The zero-order valence-electron chi connectivity index (χ0n) is 12.7. The predicted octanol–water partition coefficient (Wildman–Crippen LogP) is 4.19. The Kier molecular flexibility index (Phi) is 4.03. The van der Waals surface area contributed by atoms with E-state index in [9.17, 15) is 4.79 Å².